The van der Waals surface area contributed by atoms with Crippen LogP contribution in [0.1, 0.15) is 36.1 Å². The standard InChI is InChI=1S/C31H28O6S2/c1-3-11-26-22-24(17-19-30(26)36-38(32,33)28-13-7-5-8-14-28)21-25-18-20-31(27(23-25)12-4-2)37-39(34,35)29-15-9-6-10-16-29/h3-20,22-23H,21H2,1-2H3. The SMILES string of the molecule is CC=Cc1cc(Cc2ccc(OS(=O)(=O)c3ccccc3)c(C=CC)c2)ccc1OS(=O)(=O)c1ccccc1. The van der Waals surface area contributed by atoms with E-state index in [-0.39, 0.29) is 21.3 Å². The zero-order chi connectivity index (χ0) is 27.9. The van der Waals surface area contributed by atoms with Gasteiger partial charge in [0.1, 0.15) is 21.3 Å². The van der Waals surface area contributed by atoms with Gasteiger partial charge >= 0.3 is 20.2 Å². The molecule has 8 heteroatoms. The monoisotopic (exact) mass is 560 g/mol. The highest BCUT2D eigenvalue weighted by molar-refractivity contribution is 7.87. The number of rotatable bonds is 10. The topological polar surface area (TPSA) is 86.7 Å². The summed E-state index contributed by atoms with van der Waals surface area (Å²) in [6.45, 7) is 3.68. The molecule has 6 nitrogen and oxygen atoms in total. The first-order chi connectivity index (χ1) is 18.7. The highest BCUT2D eigenvalue weighted by Gasteiger charge is 2.19. The Morgan fingerprint density at radius 1 is 0.564 bits per heavy atom. The Balaban J connectivity index is 1.60. The molecule has 4 rings (SSSR count). The fraction of sp³-hybridized carbons (Fsp3) is 0.0968. The first kappa shape index (κ1) is 27.9. The number of hydrogen-bond donors (Lipinski definition) is 0. The fourth-order valence-corrected chi connectivity index (χ4v) is 5.88. The molecule has 0 spiro atoms. The second-order valence-electron chi connectivity index (χ2n) is 8.62. The normalized spacial score (nSPS) is 12.2. The van der Waals surface area contributed by atoms with E-state index in [1.807, 2.05) is 50.3 Å². The van der Waals surface area contributed by atoms with E-state index >= 15 is 0 Å². The van der Waals surface area contributed by atoms with Crippen molar-refractivity contribution in [2.75, 3.05) is 0 Å². The van der Waals surface area contributed by atoms with Crippen LogP contribution in [0.15, 0.2) is 119 Å². The van der Waals surface area contributed by atoms with Gasteiger partial charge in [0, 0.05) is 11.1 Å². The van der Waals surface area contributed by atoms with E-state index in [1.165, 1.54) is 24.3 Å². The van der Waals surface area contributed by atoms with Crippen LogP contribution >= 0.6 is 0 Å². The number of benzene rings is 4. The summed E-state index contributed by atoms with van der Waals surface area (Å²) >= 11 is 0. The minimum atomic E-state index is -3.98. The molecule has 0 amide bonds. The van der Waals surface area contributed by atoms with Crippen LogP contribution in [0, 0.1) is 0 Å². The fourth-order valence-electron chi connectivity index (χ4n) is 3.93. The summed E-state index contributed by atoms with van der Waals surface area (Å²) in [6, 6.07) is 26.6. The zero-order valence-electron chi connectivity index (χ0n) is 21.5. The van der Waals surface area contributed by atoms with Crippen molar-refractivity contribution in [2.45, 2.75) is 30.1 Å². The lowest BCUT2D eigenvalue weighted by atomic mass is 10.00. The average molecular weight is 561 g/mol. The molecule has 0 atom stereocenters. The summed E-state index contributed by atoms with van der Waals surface area (Å²) in [6.07, 6.45) is 7.72. The maximum Gasteiger partial charge on any atom is 0.339 e. The molecule has 0 unspecified atom stereocenters. The minimum Gasteiger partial charge on any atom is -0.378 e. The molecule has 4 aromatic carbocycles. The maximum atomic E-state index is 12.7. The van der Waals surface area contributed by atoms with Gasteiger partial charge in [0.15, 0.2) is 0 Å². The highest BCUT2D eigenvalue weighted by atomic mass is 32.2. The van der Waals surface area contributed by atoms with Crippen LogP contribution < -0.4 is 8.37 Å². The molecule has 0 radical (unpaired) electrons. The van der Waals surface area contributed by atoms with Gasteiger partial charge in [-0.2, -0.15) is 16.8 Å². The molecule has 0 aliphatic heterocycles. The lowest BCUT2D eigenvalue weighted by molar-refractivity contribution is 0.483. The first-order valence-corrected chi connectivity index (χ1v) is 15.0. The van der Waals surface area contributed by atoms with Gasteiger partial charge in [0.2, 0.25) is 0 Å². The van der Waals surface area contributed by atoms with Crippen LogP contribution in [0.2, 0.25) is 0 Å². The molecular weight excluding hydrogens is 532 g/mol. The Kier molecular flexibility index (Phi) is 8.69. The van der Waals surface area contributed by atoms with Crippen LogP contribution in [-0.4, -0.2) is 16.8 Å². The van der Waals surface area contributed by atoms with Crippen LogP contribution in [0.4, 0.5) is 0 Å². The average Bonchev–Trinajstić information content (AvgIpc) is 2.93. The second-order valence-corrected chi connectivity index (χ2v) is 11.7. The predicted octanol–water partition coefficient (Wildman–Crippen LogP) is 6.88. The lowest BCUT2D eigenvalue weighted by Crippen LogP contribution is -2.10. The van der Waals surface area contributed by atoms with Crippen molar-refractivity contribution in [3.05, 3.63) is 131 Å². The quantitative estimate of drug-likeness (QED) is 0.197. The molecule has 0 saturated carbocycles. The van der Waals surface area contributed by atoms with Crippen molar-refractivity contribution in [1.82, 2.24) is 0 Å². The smallest absolute Gasteiger partial charge is 0.339 e. The van der Waals surface area contributed by atoms with Crippen molar-refractivity contribution in [2.24, 2.45) is 0 Å². The van der Waals surface area contributed by atoms with Crippen molar-refractivity contribution in [3.63, 3.8) is 0 Å². The van der Waals surface area contributed by atoms with Crippen LogP contribution in [0.25, 0.3) is 12.2 Å². The van der Waals surface area contributed by atoms with Gasteiger partial charge in [-0.15, -0.1) is 0 Å². The van der Waals surface area contributed by atoms with Crippen molar-refractivity contribution in [1.29, 1.82) is 0 Å². The summed E-state index contributed by atoms with van der Waals surface area (Å²) in [5.41, 5.74) is 3.09. The van der Waals surface area contributed by atoms with Crippen LogP contribution in [0.5, 0.6) is 11.5 Å². The molecule has 0 aliphatic carbocycles. The molecule has 0 heterocycles. The van der Waals surface area contributed by atoms with Gasteiger partial charge in [-0.1, -0.05) is 72.8 Å². The molecule has 0 saturated heterocycles. The summed E-state index contributed by atoms with van der Waals surface area (Å²) in [7, 11) is -7.96. The Morgan fingerprint density at radius 3 is 1.31 bits per heavy atom. The largest absolute Gasteiger partial charge is 0.378 e. The summed E-state index contributed by atoms with van der Waals surface area (Å²) in [5, 5.41) is 0. The van der Waals surface area contributed by atoms with Gasteiger partial charge in [0.05, 0.1) is 0 Å². The van der Waals surface area contributed by atoms with E-state index in [2.05, 4.69) is 0 Å². The Labute approximate surface area is 230 Å². The molecule has 0 aromatic heterocycles. The van der Waals surface area contributed by atoms with Gasteiger partial charge in [-0.05, 0) is 79.9 Å². The molecular formula is C31H28O6S2. The van der Waals surface area contributed by atoms with Gasteiger partial charge in [-0.25, -0.2) is 0 Å². The maximum absolute atomic E-state index is 12.7. The molecule has 0 bridgehead atoms. The van der Waals surface area contributed by atoms with Gasteiger partial charge in [-0.3, -0.25) is 0 Å². The molecule has 0 fully saturated rings. The first-order valence-electron chi connectivity index (χ1n) is 12.2. The van der Waals surface area contributed by atoms with E-state index < -0.39 is 20.2 Å². The predicted molar refractivity (Wildman–Crippen MR) is 154 cm³/mol. The molecule has 0 N–H and O–H groups in total. The third-order valence-corrected chi connectivity index (χ3v) is 8.21. The van der Waals surface area contributed by atoms with E-state index in [0.29, 0.717) is 17.5 Å². The van der Waals surface area contributed by atoms with Gasteiger partial charge < -0.3 is 8.37 Å². The highest BCUT2D eigenvalue weighted by Crippen LogP contribution is 2.29. The Bertz CT molecular complexity index is 1580. The third kappa shape index (κ3) is 7.04. The Hall–Kier alpha value is -4.14. The molecule has 200 valence electrons. The lowest BCUT2D eigenvalue weighted by Gasteiger charge is -2.13. The minimum absolute atomic E-state index is 0.0774. The molecule has 0 aliphatic rings. The van der Waals surface area contributed by atoms with E-state index in [9.17, 15) is 16.8 Å². The third-order valence-electron chi connectivity index (χ3n) is 5.71. The summed E-state index contributed by atoms with van der Waals surface area (Å²) in [5.74, 6) is 0.454. The van der Waals surface area contributed by atoms with Gasteiger partial charge in [0.25, 0.3) is 0 Å². The second kappa shape index (κ2) is 12.1. The Morgan fingerprint density at radius 2 is 0.949 bits per heavy atom. The molecule has 39 heavy (non-hydrogen) atoms. The van der Waals surface area contributed by atoms with Crippen LogP contribution in [0.3, 0.4) is 0 Å². The summed E-state index contributed by atoms with van der Waals surface area (Å²) in [4.78, 5) is 0.155. The van der Waals surface area contributed by atoms with Crippen molar-refractivity contribution < 1.29 is 25.2 Å². The summed E-state index contributed by atoms with van der Waals surface area (Å²) < 4.78 is 61.9. The van der Waals surface area contributed by atoms with E-state index in [0.717, 1.165) is 11.1 Å². The van der Waals surface area contributed by atoms with Crippen LogP contribution in [-0.2, 0) is 26.7 Å². The van der Waals surface area contributed by atoms with Crippen molar-refractivity contribution >= 4 is 32.4 Å². The van der Waals surface area contributed by atoms with Crippen molar-refractivity contribution in [3.8, 4) is 11.5 Å². The number of allylic oxidation sites excluding steroid dienone is 2. The number of hydrogen-bond acceptors (Lipinski definition) is 6. The van der Waals surface area contributed by atoms with E-state index in [1.54, 1.807) is 60.7 Å². The zero-order valence-corrected chi connectivity index (χ0v) is 23.2. The molecule has 4 aromatic rings. The van der Waals surface area contributed by atoms with E-state index in [4.69, 9.17) is 8.37 Å².